The number of rotatable bonds is 8. The van der Waals surface area contributed by atoms with Crippen molar-refractivity contribution in [2.24, 2.45) is 0 Å². The quantitative estimate of drug-likeness (QED) is 0.317. The lowest BCUT2D eigenvalue weighted by Gasteiger charge is -2.20. The van der Waals surface area contributed by atoms with Gasteiger partial charge in [0.2, 0.25) is 0 Å². The zero-order valence-corrected chi connectivity index (χ0v) is 20.7. The fourth-order valence-electron chi connectivity index (χ4n) is 4.34. The number of amides is 3. The van der Waals surface area contributed by atoms with Gasteiger partial charge in [0.25, 0.3) is 5.91 Å². The molecule has 4 aromatic rings. The number of benzene rings is 3. The molecular weight excluding hydrogens is 478 g/mol. The van der Waals surface area contributed by atoms with Crippen molar-refractivity contribution in [2.75, 3.05) is 6.54 Å². The Morgan fingerprint density at radius 1 is 0.868 bits per heavy atom. The molecule has 38 heavy (non-hydrogen) atoms. The summed E-state index contributed by atoms with van der Waals surface area (Å²) in [6.07, 6.45) is 9.83. The summed E-state index contributed by atoms with van der Waals surface area (Å²) in [5.74, 6) is -1.74. The Bertz CT molecular complexity index is 1510. The minimum atomic E-state index is -0.775. The van der Waals surface area contributed by atoms with Gasteiger partial charge in [-0.05, 0) is 52.9 Å². The SMILES string of the molecule is O=C(NC/C=C/c1cnccn1)C(=O)NCc1ccccc1C(=O)NC1(c2ccc3ccccc3c2)CC1. The number of nitrogens with zero attached hydrogens (tertiary/aromatic N) is 2. The van der Waals surface area contributed by atoms with Crippen molar-refractivity contribution in [3.8, 4) is 0 Å². The monoisotopic (exact) mass is 505 g/mol. The molecule has 1 aromatic heterocycles. The fraction of sp³-hybridized carbons (Fsp3) is 0.167. The zero-order chi connectivity index (χ0) is 26.4. The molecule has 5 rings (SSSR count). The first-order valence-electron chi connectivity index (χ1n) is 12.4. The standard InChI is InChI=1S/C30H27N5O3/c36-27(35-30(13-14-30)24-12-11-21-6-1-2-7-22(21)18-24)26-10-4-3-8-23(26)19-34-29(38)28(37)33-15-5-9-25-20-31-16-17-32-25/h1-12,16-18,20H,13-15,19H2,(H,33,37)(H,34,38)(H,35,36)/b9-5+. The molecule has 0 spiro atoms. The highest BCUT2D eigenvalue weighted by molar-refractivity contribution is 6.35. The number of fused-ring (bicyclic) bond motifs is 1. The Morgan fingerprint density at radius 2 is 1.63 bits per heavy atom. The molecule has 8 heteroatoms. The summed E-state index contributed by atoms with van der Waals surface area (Å²) in [6.45, 7) is 0.215. The molecule has 0 radical (unpaired) electrons. The van der Waals surface area contributed by atoms with Crippen LogP contribution in [0, 0.1) is 0 Å². The van der Waals surface area contributed by atoms with Gasteiger partial charge in [0.15, 0.2) is 0 Å². The van der Waals surface area contributed by atoms with E-state index in [1.807, 2.05) is 12.1 Å². The lowest BCUT2D eigenvalue weighted by Crippen LogP contribution is -2.40. The summed E-state index contributed by atoms with van der Waals surface area (Å²) in [5.41, 5.74) is 2.43. The van der Waals surface area contributed by atoms with Crippen LogP contribution in [0.1, 0.15) is 40.0 Å². The molecule has 1 fully saturated rings. The molecule has 3 amide bonds. The summed E-state index contributed by atoms with van der Waals surface area (Å²) in [6, 6.07) is 21.5. The van der Waals surface area contributed by atoms with Gasteiger partial charge in [-0.15, -0.1) is 0 Å². The first-order chi connectivity index (χ1) is 18.5. The van der Waals surface area contributed by atoms with Gasteiger partial charge in [-0.1, -0.05) is 60.7 Å². The Kier molecular flexibility index (Phi) is 7.21. The summed E-state index contributed by atoms with van der Waals surface area (Å²) >= 11 is 0. The maximum absolute atomic E-state index is 13.3. The van der Waals surface area contributed by atoms with Gasteiger partial charge in [0.1, 0.15) is 0 Å². The predicted molar refractivity (Wildman–Crippen MR) is 145 cm³/mol. The summed E-state index contributed by atoms with van der Waals surface area (Å²) in [5, 5.41) is 10.6. The van der Waals surface area contributed by atoms with Crippen LogP contribution in [0.3, 0.4) is 0 Å². The van der Waals surface area contributed by atoms with Gasteiger partial charge in [-0.25, -0.2) is 0 Å². The lowest BCUT2D eigenvalue weighted by molar-refractivity contribution is -0.139. The van der Waals surface area contributed by atoms with E-state index in [1.165, 1.54) is 0 Å². The summed E-state index contributed by atoms with van der Waals surface area (Å²) in [7, 11) is 0. The van der Waals surface area contributed by atoms with Crippen molar-refractivity contribution < 1.29 is 14.4 Å². The number of carbonyl (C=O) groups is 3. The average Bonchev–Trinajstić information content (AvgIpc) is 3.74. The van der Waals surface area contributed by atoms with Crippen molar-refractivity contribution >= 4 is 34.6 Å². The Balaban J connectivity index is 1.18. The molecule has 0 aliphatic heterocycles. The van der Waals surface area contributed by atoms with Crippen LogP contribution in [0.2, 0.25) is 0 Å². The molecule has 0 unspecified atom stereocenters. The Labute approximate surface area is 220 Å². The third kappa shape index (κ3) is 5.75. The van der Waals surface area contributed by atoms with Crippen LogP contribution >= 0.6 is 0 Å². The minimum absolute atomic E-state index is 0.0499. The number of hydrogen-bond acceptors (Lipinski definition) is 5. The molecule has 0 bridgehead atoms. The van der Waals surface area contributed by atoms with Crippen LogP contribution in [-0.2, 0) is 21.7 Å². The normalized spacial score (nSPS) is 13.7. The molecule has 8 nitrogen and oxygen atoms in total. The smallest absolute Gasteiger partial charge is 0.309 e. The van der Waals surface area contributed by atoms with Crippen molar-refractivity contribution in [3.63, 3.8) is 0 Å². The van der Waals surface area contributed by atoms with Gasteiger partial charge >= 0.3 is 11.8 Å². The molecule has 190 valence electrons. The van der Waals surface area contributed by atoms with Crippen molar-refractivity contribution in [1.29, 1.82) is 0 Å². The van der Waals surface area contributed by atoms with E-state index in [2.05, 4.69) is 56.3 Å². The minimum Gasteiger partial charge on any atom is -0.344 e. The van der Waals surface area contributed by atoms with Crippen LogP contribution in [0.4, 0.5) is 0 Å². The first kappa shape index (κ1) is 24.8. The second-order valence-electron chi connectivity index (χ2n) is 9.18. The second-order valence-corrected chi connectivity index (χ2v) is 9.18. The van der Waals surface area contributed by atoms with Gasteiger partial charge in [0, 0.05) is 31.0 Å². The third-order valence-electron chi connectivity index (χ3n) is 6.56. The number of nitrogens with one attached hydrogen (secondary N) is 3. The van der Waals surface area contributed by atoms with E-state index < -0.39 is 17.4 Å². The fourth-order valence-corrected chi connectivity index (χ4v) is 4.34. The van der Waals surface area contributed by atoms with E-state index in [-0.39, 0.29) is 19.0 Å². The van der Waals surface area contributed by atoms with Crippen molar-refractivity contribution in [1.82, 2.24) is 25.9 Å². The summed E-state index contributed by atoms with van der Waals surface area (Å²) < 4.78 is 0. The average molecular weight is 506 g/mol. The van der Waals surface area contributed by atoms with Crippen LogP contribution < -0.4 is 16.0 Å². The van der Waals surface area contributed by atoms with Gasteiger partial charge in [-0.3, -0.25) is 24.4 Å². The van der Waals surface area contributed by atoms with Gasteiger partial charge in [-0.2, -0.15) is 0 Å². The topological polar surface area (TPSA) is 113 Å². The molecule has 1 saturated carbocycles. The molecule has 1 heterocycles. The number of carbonyl (C=O) groups excluding carboxylic acids is 3. The highest BCUT2D eigenvalue weighted by atomic mass is 16.2. The largest absolute Gasteiger partial charge is 0.344 e. The zero-order valence-electron chi connectivity index (χ0n) is 20.7. The molecule has 3 aromatic carbocycles. The third-order valence-corrected chi connectivity index (χ3v) is 6.56. The highest BCUT2D eigenvalue weighted by Crippen LogP contribution is 2.46. The molecular formula is C30H27N5O3. The van der Waals surface area contributed by atoms with Crippen LogP contribution in [-0.4, -0.2) is 34.2 Å². The molecule has 1 aliphatic carbocycles. The van der Waals surface area contributed by atoms with E-state index in [1.54, 1.807) is 55.0 Å². The molecule has 1 aliphatic rings. The van der Waals surface area contributed by atoms with Gasteiger partial charge in [0.05, 0.1) is 17.4 Å². The number of aromatic nitrogens is 2. The number of hydrogen-bond donors (Lipinski definition) is 3. The van der Waals surface area contributed by atoms with Crippen LogP contribution in [0.15, 0.2) is 91.4 Å². The van der Waals surface area contributed by atoms with E-state index in [9.17, 15) is 14.4 Å². The highest BCUT2D eigenvalue weighted by Gasteiger charge is 2.46. The Morgan fingerprint density at radius 3 is 2.42 bits per heavy atom. The van der Waals surface area contributed by atoms with Crippen LogP contribution in [0.25, 0.3) is 16.8 Å². The molecule has 0 saturated heterocycles. The lowest BCUT2D eigenvalue weighted by atomic mass is 9.99. The van der Waals surface area contributed by atoms with Crippen molar-refractivity contribution in [2.45, 2.75) is 24.9 Å². The Hall–Kier alpha value is -4.85. The maximum Gasteiger partial charge on any atom is 0.309 e. The van der Waals surface area contributed by atoms with Gasteiger partial charge < -0.3 is 16.0 Å². The van der Waals surface area contributed by atoms with E-state index in [4.69, 9.17) is 0 Å². The summed E-state index contributed by atoms with van der Waals surface area (Å²) in [4.78, 5) is 45.9. The first-order valence-corrected chi connectivity index (χ1v) is 12.4. The molecule has 0 atom stereocenters. The maximum atomic E-state index is 13.3. The second kappa shape index (κ2) is 11.0. The van der Waals surface area contributed by atoms with Crippen molar-refractivity contribution in [3.05, 3.63) is 114 Å². The van der Waals surface area contributed by atoms with E-state index >= 15 is 0 Å². The van der Waals surface area contributed by atoms with E-state index in [0.717, 1.165) is 29.2 Å². The predicted octanol–water partition coefficient (Wildman–Crippen LogP) is 3.49. The van der Waals surface area contributed by atoms with Crippen LogP contribution in [0.5, 0.6) is 0 Å². The molecule has 3 N–H and O–H groups in total. The van der Waals surface area contributed by atoms with E-state index in [0.29, 0.717) is 16.8 Å².